The molecule has 1 N–H and O–H groups in total. The Hall–Kier alpha value is -3.53. The molecule has 1 amide bonds. The summed E-state index contributed by atoms with van der Waals surface area (Å²) in [6.45, 7) is 6.02. The Morgan fingerprint density at radius 3 is 2.76 bits per heavy atom. The predicted octanol–water partition coefficient (Wildman–Crippen LogP) is 3.47. The third-order valence-corrected chi connectivity index (χ3v) is 4.97. The van der Waals surface area contributed by atoms with Crippen LogP contribution in [-0.2, 0) is 11.3 Å². The number of rotatable bonds is 8. The largest absolute Gasteiger partial charge is 0.325 e. The Bertz CT molecular complexity index is 1050. The average Bonchev–Trinajstić information content (AvgIpc) is 3.11. The quantitative estimate of drug-likeness (QED) is 0.262. The first-order chi connectivity index (χ1) is 14.0. The van der Waals surface area contributed by atoms with E-state index in [1.807, 2.05) is 16.7 Å². The van der Waals surface area contributed by atoms with Crippen molar-refractivity contribution in [3.05, 3.63) is 71.1 Å². The van der Waals surface area contributed by atoms with Crippen LogP contribution in [0.3, 0.4) is 0 Å². The van der Waals surface area contributed by atoms with Gasteiger partial charge in [0.1, 0.15) is 0 Å². The van der Waals surface area contributed by atoms with Gasteiger partial charge >= 0.3 is 0 Å². The molecule has 1 aromatic carbocycles. The summed E-state index contributed by atoms with van der Waals surface area (Å²) in [5.41, 5.74) is 1.93. The van der Waals surface area contributed by atoms with E-state index < -0.39 is 4.92 Å². The monoisotopic (exact) mass is 410 g/mol. The number of aromatic nitrogens is 4. The molecule has 10 heteroatoms. The first-order valence-electron chi connectivity index (χ1n) is 8.61. The van der Waals surface area contributed by atoms with Crippen LogP contribution < -0.4 is 5.32 Å². The highest BCUT2D eigenvalue weighted by Crippen LogP contribution is 2.25. The van der Waals surface area contributed by atoms with Crippen LogP contribution in [-0.4, -0.2) is 36.3 Å². The summed E-state index contributed by atoms with van der Waals surface area (Å²) < 4.78 is 1.86. The summed E-state index contributed by atoms with van der Waals surface area (Å²) in [5, 5.41) is 22.6. The highest BCUT2D eigenvalue weighted by molar-refractivity contribution is 7.99. The Kier molecular flexibility index (Phi) is 6.35. The topological polar surface area (TPSA) is 116 Å². The lowest BCUT2D eigenvalue weighted by Gasteiger charge is -2.09. The van der Waals surface area contributed by atoms with Crippen LogP contribution in [0.5, 0.6) is 0 Å². The SMILES string of the molecule is C=CCn1c(SCC(=O)Nc2cc([N+](=O)[O-])ccc2C)nnc1-c1ccncc1. The minimum atomic E-state index is -0.498. The lowest BCUT2D eigenvalue weighted by atomic mass is 10.2. The van der Waals surface area contributed by atoms with Crippen molar-refractivity contribution in [2.75, 3.05) is 11.1 Å². The second-order valence-electron chi connectivity index (χ2n) is 6.03. The number of allylic oxidation sites excluding steroid dienone is 1. The Balaban J connectivity index is 1.72. The number of benzene rings is 1. The molecule has 0 unspecified atom stereocenters. The van der Waals surface area contributed by atoms with Gasteiger partial charge in [0, 0.05) is 36.6 Å². The maximum Gasteiger partial charge on any atom is 0.271 e. The number of nitrogens with zero attached hydrogens (tertiary/aromatic N) is 5. The molecule has 3 rings (SSSR count). The van der Waals surface area contributed by atoms with E-state index in [1.165, 1.54) is 23.9 Å². The minimum absolute atomic E-state index is 0.0771. The molecular weight excluding hydrogens is 392 g/mol. The van der Waals surface area contributed by atoms with Crippen molar-refractivity contribution in [1.82, 2.24) is 19.7 Å². The van der Waals surface area contributed by atoms with Gasteiger partial charge in [0.15, 0.2) is 11.0 Å². The molecule has 0 radical (unpaired) electrons. The zero-order valence-electron chi connectivity index (χ0n) is 15.6. The number of anilines is 1. The molecule has 0 atom stereocenters. The van der Waals surface area contributed by atoms with E-state index in [-0.39, 0.29) is 17.3 Å². The number of nitro groups is 1. The van der Waals surface area contributed by atoms with E-state index in [0.29, 0.717) is 23.2 Å². The average molecular weight is 410 g/mol. The maximum atomic E-state index is 12.4. The first-order valence-corrected chi connectivity index (χ1v) is 9.60. The molecule has 0 saturated heterocycles. The van der Waals surface area contributed by atoms with Gasteiger partial charge in [-0.2, -0.15) is 0 Å². The lowest BCUT2D eigenvalue weighted by molar-refractivity contribution is -0.384. The third-order valence-electron chi connectivity index (χ3n) is 4.01. The smallest absolute Gasteiger partial charge is 0.271 e. The van der Waals surface area contributed by atoms with Crippen molar-refractivity contribution in [2.24, 2.45) is 0 Å². The summed E-state index contributed by atoms with van der Waals surface area (Å²) in [5.74, 6) is 0.440. The van der Waals surface area contributed by atoms with Gasteiger partial charge in [-0.15, -0.1) is 16.8 Å². The molecule has 0 aliphatic rings. The Morgan fingerprint density at radius 1 is 1.31 bits per heavy atom. The lowest BCUT2D eigenvalue weighted by Crippen LogP contribution is -2.15. The molecule has 2 aromatic heterocycles. The van der Waals surface area contributed by atoms with Crippen LogP contribution >= 0.6 is 11.8 Å². The van der Waals surface area contributed by atoms with E-state index in [1.54, 1.807) is 31.5 Å². The maximum absolute atomic E-state index is 12.4. The van der Waals surface area contributed by atoms with Crippen molar-refractivity contribution >= 4 is 29.0 Å². The number of carbonyl (C=O) groups excluding carboxylic acids is 1. The number of amides is 1. The molecular formula is C19H18N6O3S. The molecule has 0 saturated carbocycles. The van der Waals surface area contributed by atoms with Crippen molar-refractivity contribution in [1.29, 1.82) is 0 Å². The number of pyridine rings is 1. The fourth-order valence-corrected chi connectivity index (χ4v) is 3.33. The summed E-state index contributed by atoms with van der Waals surface area (Å²) in [7, 11) is 0. The number of nitro benzene ring substituents is 1. The highest BCUT2D eigenvalue weighted by Gasteiger charge is 2.16. The van der Waals surface area contributed by atoms with Gasteiger partial charge in [0.05, 0.1) is 16.4 Å². The second-order valence-corrected chi connectivity index (χ2v) is 6.98. The van der Waals surface area contributed by atoms with Crippen LogP contribution in [0.1, 0.15) is 5.56 Å². The second kappa shape index (κ2) is 9.11. The number of hydrogen-bond donors (Lipinski definition) is 1. The summed E-state index contributed by atoms with van der Waals surface area (Å²) in [6.07, 6.45) is 5.07. The number of thioether (sulfide) groups is 1. The standard InChI is InChI=1S/C19H18N6O3S/c1-3-10-24-18(14-6-8-20-9-7-14)22-23-19(24)29-12-17(26)21-16-11-15(25(27)28)5-4-13(16)2/h3-9,11H,1,10,12H2,2H3,(H,21,26). The van der Waals surface area contributed by atoms with Crippen molar-refractivity contribution < 1.29 is 9.72 Å². The third kappa shape index (κ3) is 4.85. The molecule has 0 spiro atoms. The van der Waals surface area contributed by atoms with Gasteiger partial charge in [-0.05, 0) is 24.6 Å². The van der Waals surface area contributed by atoms with E-state index >= 15 is 0 Å². The van der Waals surface area contributed by atoms with Crippen LogP contribution in [0.25, 0.3) is 11.4 Å². The van der Waals surface area contributed by atoms with Crippen molar-refractivity contribution in [3.63, 3.8) is 0 Å². The zero-order chi connectivity index (χ0) is 20.8. The fraction of sp³-hybridized carbons (Fsp3) is 0.158. The molecule has 0 aliphatic carbocycles. The van der Waals surface area contributed by atoms with Crippen molar-refractivity contribution in [3.8, 4) is 11.4 Å². The van der Waals surface area contributed by atoms with Gasteiger partial charge < -0.3 is 5.32 Å². The molecule has 3 aromatic rings. The highest BCUT2D eigenvalue weighted by atomic mass is 32.2. The summed E-state index contributed by atoms with van der Waals surface area (Å²) in [4.78, 5) is 26.8. The summed E-state index contributed by atoms with van der Waals surface area (Å²) in [6, 6.07) is 8.01. The van der Waals surface area contributed by atoms with Gasteiger partial charge in [0.2, 0.25) is 5.91 Å². The molecule has 9 nitrogen and oxygen atoms in total. The number of nitrogens with one attached hydrogen (secondary N) is 1. The molecule has 29 heavy (non-hydrogen) atoms. The number of carbonyl (C=O) groups is 1. The van der Waals surface area contributed by atoms with Crippen LogP contribution in [0.15, 0.2) is 60.5 Å². The first kappa shape index (κ1) is 20.2. The number of non-ortho nitro benzene ring substituents is 1. The summed E-state index contributed by atoms with van der Waals surface area (Å²) >= 11 is 1.23. The van der Waals surface area contributed by atoms with Crippen LogP contribution in [0.2, 0.25) is 0 Å². The van der Waals surface area contributed by atoms with Gasteiger partial charge in [-0.25, -0.2) is 0 Å². The van der Waals surface area contributed by atoms with Gasteiger partial charge in [0.25, 0.3) is 5.69 Å². The Labute approximate surface area is 171 Å². The minimum Gasteiger partial charge on any atom is -0.325 e. The molecule has 0 bridgehead atoms. The Morgan fingerprint density at radius 2 is 2.07 bits per heavy atom. The molecule has 0 aliphatic heterocycles. The van der Waals surface area contributed by atoms with Crippen LogP contribution in [0, 0.1) is 17.0 Å². The van der Waals surface area contributed by atoms with E-state index in [2.05, 4.69) is 27.1 Å². The van der Waals surface area contributed by atoms with E-state index in [4.69, 9.17) is 0 Å². The molecule has 2 heterocycles. The van der Waals surface area contributed by atoms with Crippen molar-refractivity contribution in [2.45, 2.75) is 18.6 Å². The van der Waals surface area contributed by atoms with Crippen LogP contribution in [0.4, 0.5) is 11.4 Å². The van der Waals surface area contributed by atoms with Gasteiger partial charge in [-0.1, -0.05) is 23.9 Å². The van der Waals surface area contributed by atoms with E-state index in [9.17, 15) is 14.9 Å². The van der Waals surface area contributed by atoms with Gasteiger partial charge in [-0.3, -0.25) is 24.5 Å². The fourth-order valence-electron chi connectivity index (χ4n) is 2.58. The van der Waals surface area contributed by atoms with E-state index in [0.717, 1.165) is 11.1 Å². The number of aryl methyl sites for hydroxylation is 1. The zero-order valence-corrected chi connectivity index (χ0v) is 16.4. The normalized spacial score (nSPS) is 10.5. The number of hydrogen-bond acceptors (Lipinski definition) is 7. The molecule has 0 fully saturated rings. The molecule has 148 valence electrons. The predicted molar refractivity (Wildman–Crippen MR) is 111 cm³/mol.